The molecule has 2 aromatic rings. The van der Waals surface area contributed by atoms with Crippen LogP contribution >= 0.6 is 0 Å². The lowest BCUT2D eigenvalue weighted by Crippen LogP contribution is -2.14. The predicted octanol–water partition coefficient (Wildman–Crippen LogP) is 0.988. The molecule has 19 heavy (non-hydrogen) atoms. The second-order valence-corrected chi connectivity index (χ2v) is 4.14. The number of aromatic nitrogens is 3. The third-order valence-corrected chi connectivity index (χ3v) is 3.08. The lowest BCUT2D eigenvalue weighted by molar-refractivity contribution is -0.392. The van der Waals surface area contributed by atoms with Crippen molar-refractivity contribution >= 4 is 21.9 Å². The molecule has 0 spiro atoms. The molecule has 0 atom stereocenters. The van der Waals surface area contributed by atoms with Crippen LogP contribution in [0.15, 0.2) is 30.6 Å². The maximum atomic E-state index is 11.3. The van der Waals surface area contributed by atoms with Gasteiger partial charge in [0.05, 0.1) is 12.2 Å². The summed E-state index contributed by atoms with van der Waals surface area (Å²) in [4.78, 5) is 18.7. The minimum atomic E-state index is -0.522. The van der Waals surface area contributed by atoms with E-state index in [2.05, 4.69) is 9.97 Å². The summed E-state index contributed by atoms with van der Waals surface area (Å²) in [5, 5.41) is 10.9. The Morgan fingerprint density at radius 3 is 2.79 bits per heavy atom. The highest BCUT2D eigenvalue weighted by molar-refractivity contribution is 7.67. The lowest BCUT2D eigenvalue weighted by Gasteiger charge is -2.02. The Morgan fingerprint density at radius 1 is 1.47 bits per heavy atom. The average molecular weight is 278 g/mol. The van der Waals surface area contributed by atoms with E-state index < -0.39 is 4.92 Å². The first kappa shape index (κ1) is 13.1. The molecule has 7 nitrogen and oxygen atoms in total. The molecule has 0 N–H and O–H groups in total. The SMILES string of the molecule is CCn1c([N+](=O)[O-])cnc1C(=S=O)c1ccccn1. The minimum absolute atomic E-state index is 0.139. The molecule has 2 heterocycles. The summed E-state index contributed by atoms with van der Waals surface area (Å²) in [6.07, 6.45) is 2.71. The molecular formula is C11H10N4O3S. The van der Waals surface area contributed by atoms with Gasteiger partial charge in [-0.05, 0) is 24.0 Å². The van der Waals surface area contributed by atoms with Gasteiger partial charge in [0, 0.05) is 6.20 Å². The van der Waals surface area contributed by atoms with E-state index in [1.165, 1.54) is 4.57 Å². The summed E-state index contributed by atoms with van der Waals surface area (Å²) in [5.41, 5.74) is 0.456. The standard InChI is InChI=1S/C11H10N4O3S/c1-2-14-9(15(16)17)7-13-11(14)10(19-18)8-5-3-4-6-12-8/h3-7H,2H2,1H3. The highest BCUT2D eigenvalue weighted by Crippen LogP contribution is 2.16. The Morgan fingerprint density at radius 2 is 2.26 bits per heavy atom. The van der Waals surface area contributed by atoms with E-state index >= 15 is 0 Å². The van der Waals surface area contributed by atoms with Crippen molar-refractivity contribution < 1.29 is 9.13 Å². The van der Waals surface area contributed by atoms with Crippen LogP contribution in [-0.2, 0) is 17.8 Å². The fourth-order valence-electron chi connectivity index (χ4n) is 1.70. The number of rotatable bonds is 4. The maximum Gasteiger partial charge on any atom is 0.343 e. The highest BCUT2D eigenvalue weighted by Gasteiger charge is 2.24. The normalized spacial score (nSPS) is 10.2. The fraction of sp³-hybridized carbons (Fsp3) is 0.182. The molecule has 0 aliphatic carbocycles. The molecule has 98 valence electrons. The van der Waals surface area contributed by atoms with Crippen LogP contribution in [0, 0.1) is 10.1 Å². The van der Waals surface area contributed by atoms with Crippen molar-refractivity contribution in [2.45, 2.75) is 13.5 Å². The Balaban J connectivity index is 2.58. The van der Waals surface area contributed by atoms with E-state index in [4.69, 9.17) is 0 Å². The van der Waals surface area contributed by atoms with Gasteiger partial charge in [-0.15, -0.1) is 0 Å². The fourth-order valence-corrected chi connectivity index (χ4v) is 2.14. The Bertz CT molecular complexity index is 662. The number of hydrogen-bond donors (Lipinski definition) is 0. The number of imidazole rings is 1. The van der Waals surface area contributed by atoms with Gasteiger partial charge < -0.3 is 10.1 Å². The van der Waals surface area contributed by atoms with Gasteiger partial charge in [0.1, 0.15) is 17.5 Å². The van der Waals surface area contributed by atoms with E-state index in [0.29, 0.717) is 12.2 Å². The third-order valence-electron chi connectivity index (χ3n) is 2.52. The van der Waals surface area contributed by atoms with Gasteiger partial charge in [0.25, 0.3) is 0 Å². The largest absolute Gasteiger partial charge is 0.358 e. The molecule has 0 bridgehead atoms. The summed E-state index contributed by atoms with van der Waals surface area (Å²) < 4.78 is 12.7. The molecule has 0 aliphatic heterocycles. The van der Waals surface area contributed by atoms with E-state index in [9.17, 15) is 14.3 Å². The first-order valence-electron chi connectivity index (χ1n) is 5.47. The van der Waals surface area contributed by atoms with Crippen molar-refractivity contribution in [2.75, 3.05) is 0 Å². The van der Waals surface area contributed by atoms with E-state index in [1.54, 1.807) is 31.3 Å². The predicted molar refractivity (Wildman–Crippen MR) is 70.1 cm³/mol. The number of hydrogen-bond acceptors (Lipinski definition) is 5. The van der Waals surface area contributed by atoms with E-state index in [1.807, 2.05) is 0 Å². The Kier molecular flexibility index (Phi) is 3.81. The molecule has 0 amide bonds. The van der Waals surface area contributed by atoms with Crippen LogP contribution in [0.2, 0.25) is 0 Å². The second-order valence-electron chi connectivity index (χ2n) is 3.57. The first-order chi connectivity index (χ1) is 9.19. The topological polar surface area (TPSA) is 90.9 Å². The third kappa shape index (κ3) is 2.43. The maximum absolute atomic E-state index is 11.3. The quantitative estimate of drug-likeness (QED) is 0.360. The Labute approximate surface area is 112 Å². The summed E-state index contributed by atoms with van der Waals surface area (Å²) in [6, 6.07) is 5.14. The zero-order valence-electron chi connectivity index (χ0n) is 10.0. The highest BCUT2D eigenvalue weighted by atomic mass is 32.1. The van der Waals surface area contributed by atoms with Gasteiger partial charge in [-0.3, -0.25) is 4.98 Å². The van der Waals surface area contributed by atoms with Gasteiger partial charge in [-0.1, -0.05) is 6.07 Å². The van der Waals surface area contributed by atoms with Crippen molar-refractivity contribution in [3.8, 4) is 0 Å². The molecule has 8 heteroatoms. The number of nitrogens with zero attached hydrogens (tertiary/aromatic N) is 4. The summed E-state index contributed by atoms with van der Waals surface area (Å²) >= 11 is 0.229. The number of nitro groups is 1. The second kappa shape index (κ2) is 5.53. The average Bonchev–Trinajstić information content (AvgIpc) is 2.85. The molecule has 0 radical (unpaired) electrons. The molecule has 0 aliphatic rings. The molecule has 2 aromatic heterocycles. The number of pyridine rings is 1. The zero-order valence-corrected chi connectivity index (χ0v) is 10.8. The van der Waals surface area contributed by atoms with Crippen LogP contribution in [0.25, 0.3) is 0 Å². The molecular weight excluding hydrogens is 268 g/mol. The molecule has 0 saturated carbocycles. The van der Waals surface area contributed by atoms with E-state index in [0.717, 1.165) is 6.20 Å². The van der Waals surface area contributed by atoms with Gasteiger partial charge in [0.15, 0.2) is 4.86 Å². The van der Waals surface area contributed by atoms with Gasteiger partial charge in [-0.25, -0.2) is 13.8 Å². The van der Waals surface area contributed by atoms with Gasteiger partial charge >= 0.3 is 5.82 Å². The van der Waals surface area contributed by atoms with Crippen LogP contribution in [-0.4, -0.2) is 28.5 Å². The summed E-state index contributed by atoms with van der Waals surface area (Å²) in [7, 11) is 0. The van der Waals surface area contributed by atoms with Crippen LogP contribution in [0.1, 0.15) is 18.4 Å². The van der Waals surface area contributed by atoms with Crippen molar-refractivity contribution in [3.05, 3.63) is 52.2 Å². The first-order valence-corrected chi connectivity index (χ1v) is 6.21. The zero-order chi connectivity index (χ0) is 13.8. The van der Waals surface area contributed by atoms with Crippen molar-refractivity contribution in [3.63, 3.8) is 0 Å². The summed E-state index contributed by atoms with van der Waals surface area (Å²) in [5.74, 6) is 0.132. The van der Waals surface area contributed by atoms with Crippen molar-refractivity contribution in [1.82, 2.24) is 14.5 Å². The molecule has 0 saturated heterocycles. The Hall–Kier alpha value is -2.35. The van der Waals surface area contributed by atoms with Crippen LogP contribution in [0.5, 0.6) is 0 Å². The molecule has 0 aromatic carbocycles. The monoisotopic (exact) mass is 278 g/mol. The van der Waals surface area contributed by atoms with Crippen molar-refractivity contribution in [1.29, 1.82) is 0 Å². The molecule has 0 fully saturated rings. The van der Waals surface area contributed by atoms with E-state index in [-0.39, 0.29) is 27.8 Å². The molecule has 2 rings (SSSR count). The lowest BCUT2D eigenvalue weighted by atomic mass is 10.2. The van der Waals surface area contributed by atoms with Crippen LogP contribution < -0.4 is 0 Å². The smallest absolute Gasteiger partial charge is 0.343 e. The minimum Gasteiger partial charge on any atom is -0.358 e. The van der Waals surface area contributed by atoms with Crippen LogP contribution in [0.4, 0.5) is 5.82 Å². The summed E-state index contributed by atoms with van der Waals surface area (Å²) in [6.45, 7) is 2.10. The van der Waals surface area contributed by atoms with Crippen LogP contribution in [0.3, 0.4) is 0 Å². The van der Waals surface area contributed by atoms with Crippen molar-refractivity contribution in [2.24, 2.45) is 0 Å². The van der Waals surface area contributed by atoms with Gasteiger partial charge in [-0.2, -0.15) is 0 Å². The molecule has 0 unspecified atom stereocenters. The van der Waals surface area contributed by atoms with Gasteiger partial charge in [0.2, 0.25) is 5.82 Å².